The number of aromatic nitrogens is 1. The SMILES string of the molecule is CNCC(=O)c1ccon1. The first-order valence-corrected chi connectivity index (χ1v) is 2.93. The van der Waals surface area contributed by atoms with E-state index in [1.165, 1.54) is 6.26 Å². The van der Waals surface area contributed by atoms with Crippen LogP contribution in [0.1, 0.15) is 10.5 Å². The van der Waals surface area contributed by atoms with Crippen LogP contribution in [0.5, 0.6) is 0 Å². The van der Waals surface area contributed by atoms with Crippen LogP contribution in [0, 0.1) is 0 Å². The van der Waals surface area contributed by atoms with Crippen LogP contribution in [-0.4, -0.2) is 24.5 Å². The fourth-order valence-corrected chi connectivity index (χ4v) is 0.607. The summed E-state index contributed by atoms with van der Waals surface area (Å²) in [4.78, 5) is 10.9. The van der Waals surface area contributed by atoms with Crippen LogP contribution in [0.4, 0.5) is 0 Å². The standard InChI is InChI=1S/C6H8N2O2/c1-7-4-6(9)5-2-3-10-8-5/h2-3,7H,4H2,1H3. The first-order chi connectivity index (χ1) is 4.84. The van der Waals surface area contributed by atoms with E-state index in [9.17, 15) is 4.79 Å². The highest BCUT2D eigenvalue weighted by molar-refractivity contribution is 5.95. The van der Waals surface area contributed by atoms with Crippen LogP contribution >= 0.6 is 0 Å². The topological polar surface area (TPSA) is 55.1 Å². The van der Waals surface area contributed by atoms with Gasteiger partial charge in [-0.1, -0.05) is 5.16 Å². The van der Waals surface area contributed by atoms with Crippen LogP contribution in [0.25, 0.3) is 0 Å². The summed E-state index contributed by atoms with van der Waals surface area (Å²) in [5, 5.41) is 6.19. The van der Waals surface area contributed by atoms with Crippen molar-refractivity contribution in [3.8, 4) is 0 Å². The second-order valence-electron chi connectivity index (χ2n) is 1.84. The Morgan fingerprint density at radius 2 is 2.70 bits per heavy atom. The maximum Gasteiger partial charge on any atom is 0.198 e. The smallest absolute Gasteiger partial charge is 0.198 e. The minimum Gasteiger partial charge on any atom is -0.364 e. The van der Waals surface area contributed by atoms with E-state index in [-0.39, 0.29) is 5.78 Å². The summed E-state index contributed by atoms with van der Waals surface area (Å²) in [6, 6.07) is 1.54. The van der Waals surface area contributed by atoms with E-state index in [1.807, 2.05) is 0 Å². The summed E-state index contributed by atoms with van der Waals surface area (Å²) < 4.78 is 4.48. The van der Waals surface area contributed by atoms with Gasteiger partial charge < -0.3 is 9.84 Å². The molecule has 0 aromatic carbocycles. The van der Waals surface area contributed by atoms with Gasteiger partial charge in [-0.3, -0.25) is 4.79 Å². The molecule has 0 aliphatic heterocycles. The van der Waals surface area contributed by atoms with Gasteiger partial charge in [-0.2, -0.15) is 0 Å². The lowest BCUT2D eigenvalue weighted by atomic mass is 10.3. The molecule has 0 fully saturated rings. The Morgan fingerprint density at radius 1 is 1.90 bits per heavy atom. The van der Waals surface area contributed by atoms with Gasteiger partial charge in [0.2, 0.25) is 0 Å². The van der Waals surface area contributed by atoms with Crippen molar-refractivity contribution in [1.82, 2.24) is 10.5 Å². The van der Waals surface area contributed by atoms with Gasteiger partial charge in [-0.15, -0.1) is 0 Å². The van der Waals surface area contributed by atoms with Crippen LogP contribution in [0.15, 0.2) is 16.9 Å². The number of carbonyl (C=O) groups excluding carboxylic acids is 1. The highest BCUT2D eigenvalue weighted by Crippen LogP contribution is 1.93. The van der Waals surface area contributed by atoms with E-state index >= 15 is 0 Å². The number of hydrogen-bond acceptors (Lipinski definition) is 4. The van der Waals surface area contributed by atoms with E-state index in [0.29, 0.717) is 12.2 Å². The Kier molecular flexibility index (Phi) is 2.17. The molecule has 0 amide bonds. The van der Waals surface area contributed by atoms with E-state index < -0.39 is 0 Å². The highest BCUT2D eigenvalue weighted by atomic mass is 16.5. The molecule has 1 aromatic heterocycles. The molecule has 4 nitrogen and oxygen atoms in total. The number of hydrogen-bond donors (Lipinski definition) is 1. The van der Waals surface area contributed by atoms with Crippen molar-refractivity contribution in [3.63, 3.8) is 0 Å². The molecule has 1 aromatic rings. The Labute approximate surface area is 58.2 Å². The van der Waals surface area contributed by atoms with E-state index in [1.54, 1.807) is 13.1 Å². The molecule has 0 aliphatic rings. The van der Waals surface area contributed by atoms with Crippen molar-refractivity contribution in [2.24, 2.45) is 0 Å². The molecule has 0 aliphatic carbocycles. The van der Waals surface area contributed by atoms with Gasteiger partial charge in [0.15, 0.2) is 11.5 Å². The third-order valence-electron chi connectivity index (χ3n) is 1.06. The van der Waals surface area contributed by atoms with Crippen LogP contribution in [0.2, 0.25) is 0 Å². The van der Waals surface area contributed by atoms with Crippen LogP contribution in [0.3, 0.4) is 0 Å². The fraction of sp³-hybridized carbons (Fsp3) is 0.333. The number of nitrogens with zero attached hydrogens (tertiary/aromatic N) is 1. The monoisotopic (exact) mass is 140 g/mol. The van der Waals surface area contributed by atoms with Crippen molar-refractivity contribution in [2.75, 3.05) is 13.6 Å². The van der Waals surface area contributed by atoms with E-state index in [4.69, 9.17) is 0 Å². The highest BCUT2D eigenvalue weighted by Gasteiger charge is 2.05. The number of ketones is 1. The van der Waals surface area contributed by atoms with Gasteiger partial charge in [-0.05, 0) is 7.05 Å². The summed E-state index contributed by atoms with van der Waals surface area (Å²) in [6.45, 7) is 0.298. The molecule has 0 radical (unpaired) electrons. The summed E-state index contributed by atoms with van der Waals surface area (Å²) >= 11 is 0. The third kappa shape index (κ3) is 1.41. The van der Waals surface area contributed by atoms with Crippen molar-refractivity contribution in [2.45, 2.75) is 0 Å². The maximum absolute atomic E-state index is 10.9. The molecule has 4 heteroatoms. The second-order valence-corrected chi connectivity index (χ2v) is 1.84. The number of rotatable bonds is 3. The lowest BCUT2D eigenvalue weighted by Gasteiger charge is -1.90. The summed E-state index contributed by atoms with van der Waals surface area (Å²) in [5.74, 6) is -0.0590. The largest absolute Gasteiger partial charge is 0.364 e. The van der Waals surface area contributed by atoms with Crippen molar-refractivity contribution < 1.29 is 9.32 Å². The van der Waals surface area contributed by atoms with Crippen molar-refractivity contribution in [1.29, 1.82) is 0 Å². The predicted molar refractivity (Wildman–Crippen MR) is 34.8 cm³/mol. The molecule has 0 saturated heterocycles. The summed E-state index contributed by atoms with van der Waals surface area (Å²) in [6.07, 6.45) is 1.38. The van der Waals surface area contributed by atoms with Gasteiger partial charge in [0.1, 0.15) is 6.26 Å². The van der Waals surface area contributed by atoms with Crippen LogP contribution < -0.4 is 5.32 Å². The van der Waals surface area contributed by atoms with Gasteiger partial charge in [0, 0.05) is 6.07 Å². The summed E-state index contributed by atoms with van der Waals surface area (Å²) in [7, 11) is 1.71. The quantitative estimate of drug-likeness (QED) is 0.604. The first kappa shape index (κ1) is 6.95. The Balaban J connectivity index is 2.59. The van der Waals surface area contributed by atoms with Gasteiger partial charge >= 0.3 is 0 Å². The average molecular weight is 140 g/mol. The fourth-order valence-electron chi connectivity index (χ4n) is 0.607. The zero-order chi connectivity index (χ0) is 7.40. The molecule has 10 heavy (non-hydrogen) atoms. The van der Waals surface area contributed by atoms with E-state index in [0.717, 1.165) is 0 Å². The van der Waals surface area contributed by atoms with Gasteiger partial charge in [0.05, 0.1) is 6.54 Å². The lowest BCUT2D eigenvalue weighted by Crippen LogP contribution is -2.18. The van der Waals surface area contributed by atoms with Crippen molar-refractivity contribution >= 4 is 5.78 Å². The molecular formula is C6H8N2O2. The molecule has 1 N–H and O–H groups in total. The molecular weight excluding hydrogens is 132 g/mol. The van der Waals surface area contributed by atoms with Crippen molar-refractivity contribution in [3.05, 3.63) is 18.0 Å². The minimum atomic E-state index is -0.0590. The molecule has 0 saturated carbocycles. The average Bonchev–Trinajstić information content (AvgIpc) is 2.38. The Morgan fingerprint density at radius 3 is 3.20 bits per heavy atom. The minimum absolute atomic E-state index is 0.0590. The Bertz CT molecular complexity index is 206. The van der Waals surface area contributed by atoms with Gasteiger partial charge in [-0.25, -0.2) is 0 Å². The number of likely N-dealkylation sites (N-methyl/N-ethyl adjacent to an activating group) is 1. The first-order valence-electron chi connectivity index (χ1n) is 2.93. The lowest BCUT2D eigenvalue weighted by molar-refractivity contribution is 0.0985. The predicted octanol–water partition coefficient (Wildman–Crippen LogP) is 0.0767. The second kappa shape index (κ2) is 3.12. The molecule has 0 spiro atoms. The Hall–Kier alpha value is -1.16. The molecule has 0 bridgehead atoms. The molecule has 54 valence electrons. The molecule has 0 unspecified atom stereocenters. The summed E-state index contributed by atoms with van der Waals surface area (Å²) in [5.41, 5.74) is 0.370. The molecule has 1 rings (SSSR count). The molecule has 0 atom stereocenters. The van der Waals surface area contributed by atoms with Crippen LogP contribution in [-0.2, 0) is 0 Å². The van der Waals surface area contributed by atoms with E-state index in [2.05, 4.69) is 15.0 Å². The van der Waals surface area contributed by atoms with Gasteiger partial charge in [0.25, 0.3) is 0 Å². The number of nitrogens with one attached hydrogen (secondary N) is 1. The maximum atomic E-state index is 10.9. The molecule has 1 heterocycles. The number of Topliss-reactive ketones (excluding diaryl/α,β-unsaturated/α-hetero) is 1. The third-order valence-corrected chi connectivity index (χ3v) is 1.06. The zero-order valence-electron chi connectivity index (χ0n) is 5.63. The normalized spacial score (nSPS) is 9.70. The number of carbonyl (C=O) groups is 1. The zero-order valence-corrected chi connectivity index (χ0v) is 5.63.